The number of carbonyl (C=O) groups excluding carboxylic acids is 2. The summed E-state index contributed by atoms with van der Waals surface area (Å²) in [6.45, 7) is 3.54. The normalized spacial score (nSPS) is 18.1. The molecule has 6 nitrogen and oxygen atoms in total. The molecule has 1 aliphatic heterocycles. The van der Waals surface area contributed by atoms with Gasteiger partial charge in [-0.05, 0) is 25.8 Å². The maximum absolute atomic E-state index is 12.1. The Hall–Kier alpha value is -2.37. The number of hydrogen-bond donors (Lipinski definition) is 1. The fraction of sp³-hybridized carbons (Fsp3) is 0.471. The van der Waals surface area contributed by atoms with Gasteiger partial charge in [-0.15, -0.1) is 0 Å². The number of rotatable bonds is 6. The van der Waals surface area contributed by atoms with E-state index in [4.69, 9.17) is 4.74 Å². The minimum atomic E-state index is -1.04. The Labute approximate surface area is 135 Å². The quantitative estimate of drug-likeness (QED) is 0.811. The molecular formula is C17H21NO5. The topological polar surface area (TPSA) is 83.9 Å². The Morgan fingerprint density at radius 1 is 1.30 bits per heavy atom. The first-order valence-corrected chi connectivity index (χ1v) is 7.56. The first-order valence-electron chi connectivity index (χ1n) is 7.56. The van der Waals surface area contributed by atoms with Gasteiger partial charge in [0.2, 0.25) is 5.91 Å². The third-order valence-corrected chi connectivity index (χ3v) is 3.97. The van der Waals surface area contributed by atoms with Gasteiger partial charge in [0.25, 0.3) is 0 Å². The number of carboxylic acids is 1. The first-order chi connectivity index (χ1) is 10.8. The van der Waals surface area contributed by atoms with Crippen LogP contribution in [0.5, 0.6) is 0 Å². The van der Waals surface area contributed by atoms with Crippen LogP contribution in [0.25, 0.3) is 0 Å². The molecule has 6 heteroatoms. The molecule has 1 aliphatic rings. The predicted octanol–water partition coefficient (Wildman–Crippen LogP) is 1.97. The van der Waals surface area contributed by atoms with E-state index in [9.17, 15) is 19.5 Å². The van der Waals surface area contributed by atoms with Crippen LogP contribution in [-0.2, 0) is 25.7 Å². The van der Waals surface area contributed by atoms with Gasteiger partial charge in [-0.1, -0.05) is 30.3 Å². The van der Waals surface area contributed by atoms with E-state index in [0.29, 0.717) is 0 Å². The van der Waals surface area contributed by atoms with Crippen molar-refractivity contribution in [1.82, 2.24) is 4.90 Å². The van der Waals surface area contributed by atoms with Gasteiger partial charge in [-0.25, -0.2) is 4.79 Å². The lowest BCUT2D eigenvalue weighted by Gasteiger charge is -2.37. The zero-order chi connectivity index (χ0) is 17.0. The number of hydrogen-bond acceptors (Lipinski definition) is 4. The molecule has 2 rings (SSSR count). The molecule has 1 amide bonds. The number of carboxylic acid groups (broad SMARTS) is 1. The summed E-state index contributed by atoms with van der Waals surface area (Å²) < 4.78 is 5.23. The molecule has 0 bridgehead atoms. The second kappa shape index (κ2) is 6.81. The van der Waals surface area contributed by atoms with E-state index in [0.717, 1.165) is 5.56 Å². The van der Waals surface area contributed by atoms with Gasteiger partial charge in [0, 0.05) is 12.0 Å². The molecule has 0 unspecified atom stereocenters. The number of amides is 1. The molecule has 1 atom stereocenters. The van der Waals surface area contributed by atoms with Crippen LogP contribution in [0.15, 0.2) is 30.3 Å². The number of ether oxygens (including phenoxy) is 1. The van der Waals surface area contributed by atoms with Gasteiger partial charge in [0.15, 0.2) is 0 Å². The Kier molecular flexibility index (Phi) is 5.03. The van der Waals surface area contributed by atoms with Gasteiger partial charge in [0.05, 0.1) is 6.42 Å². The van der Waals surface area contributed by atoms with Crippen molar-refractivity contribution in [1.29, 1.82) is 0 Å². The van der Waals surface area contributed by atoms with E-state index in [1.807, 2.05) is 30.3 Å². The number of carbonyl (C=O) groups is 3. The Morgan fingerprint density at radius 3 is 2.57 bits per heavy atom. The monoisotopic (exact) mass is 319 g/mol. The first kappa shape index (κ1) is 17.0. The second-order valence-electron chi connectivity index (χ2n) is 6.29. The largest absolute Gasteiger partial charge is 0.480 e. The second-order valence-corrected chi connectivity index (χ2v) is 6.29. The van der Waals surface area contributed by atoms with Crippen molar-refractivity contribution in [3.8, 4) is 0 Å². The average molecular weight is 319 g/mol. The molecule has 1 aromatic rings. The highest BCUT2D eigenvalue weighted by molar-refractivity contribution is 5.88. The SMILES string of the molecule is CC(C)(CC(=O)OCc1ccccc1)N1C(=O)CC[C@H]1C(=O)O. The minimum Gasteiger partial charge on any atom is -0.480 e. The van der Waals surface area contributed by atoms with E-state index >= 15 is 0 Å². The summed E-state index contributed by atoms with van der Waals surface area (Å²) >= 11 is 0. The van der Waals surface area contributed by atoms with E-state index in [1.165, 1.54) is 4.90 Å². The van der Waals surface area contributed by atoms with Gasteiger partial charge in [0.1, 0.15) is 12.6 Å². The summed E-state index contributed by atoms with van der Waals surface area (Å²) in [5, 5.41) is 9.24. The number of esters is 1. The van der Waals surface area contributed by atoms with Gasteiger partial charge in [-0.3, -0.25) is 9.59 Å². The van der Waals surface area contributed by atoms with Crippen molar-refractivity contribution < 1.29 is 24.2 Å². The number of nitrogens with zero attached hydrogens (tertiary/aromatic N) is 1. The van der Waals surface area contributed by atoms with Crippen molar-refractivity contribution in [3.63, 3.8) is 0 Å². The van der Waals surface area contributed by atoms with Gasteiger partial charge >= 0.3 is 11.9 Å². The average Bonchev–Trinajstić information content (AvgIpc) is 2.89. The number of likely N-dealkylation sites (tertiary alicyclic amines) is 1. The molecule has 124 valence electrons. The molecule has 23 heavy (non-hydrogen) atoms. The molecule has 1 aromatic carbocycles. The van der Waals surface area contributed by atoms with E-state index < -0.39 is 23.5 Å². The third kappa shape index (κ3) is 4.09. The highest BCUT2D eigenvalue weighted by atomic mass is 16.5. The molecule has 0 aromatic heterocycles. The van der Waals surface area contributed by atoms with Crippen LogP contribution in [0.3, 0.4) is 0 Å². The van der Waals surface area contributed by atoms with Crippen LogP contribution < -0.4 is 0 Å². The summed E-state index contributed by atoms with van der Waals surface area (Å²) in [6.07, 6.45) is 0.422. The lowest BCUT2D eigenvalue weighted by Crippen LogP contribution is -2.52. The Morgan fingerprint density at radius 2 is 1.96 bits per heavy atom. The van der Waals surface area contributed by atoms with Crippen LogP contribution in [0.1, 0.15) is 38.7 Å². The van der Waals surface area contributed by atoms with Crippen LogP contribution in [0, 0.1) is 0 Å². The van der Waals surface area contributed by atoms with Crippen molar-refractivity contribution in [3.05, 3.63) is 35.9 Å². The predicted molar refractivity (Wildman–Crippen MR) is 82.4 cm³/mol. The van der Waals surface area contributed by atoms with Crippen molar-refractivity contribution in [2.45, 2.75) is 51.3 Å². The molecule has 1 heterocycles. The van der Waals surface area contributed by atoms with Crippen LogP contribution in [0.2, 0.25) is 0 Å². The van der Waals surface area contributed by atoms with Crippen LogP contribution in [0.4, 0.5) is 0 Å². The summed E-state index contributed by atoms with van der Waals surface area (Å²) in [5.74, 6) is -1.73. The van der Waals surface area contributed by atoms with E-state index in [-0.39, 0.29) is 31.8 Å². The lowest BCUT2D eigenvalue weighted by atomic mass is 9.97. The van der Waals surface area contributed by atoms with Crippen LogP contribution >= 0.6 is 0 Å². The smallest absolute Gasteiger partial charge is 0.326 e. The molecule has 1 N–H and O–H groups in total. The highest BCUT2D eigenvalue weighted by Gasteiger charge is 2.45. The molecule has 0 saturated carbocycles. The van der Waals surface area contributed by atoms with E-state index in [1.54, 1.807) is 13.8 Å². The van der Waals surface area contributed by atoms with Crippen molar-refractivity contribution >= 4 is 17.8 Å². The molecule has 0 radical (unpaired) electrons. The van der Waals surface area contributed by atoms with E-state index in [2.05, 4.69) is 0 Å². The molecular weight excluding hydrogens is 298 g/mol. The maximum atomic E-state index is 12.1. The summed E-state index contributed by atoms with van der Waals surface area (Å²) in [4.78, 5) is 36.7. The fourth-order valence-electron chi connectivity index (χ4n) is 2.90. The molecule has 1 saturated heterocycles. The van der Waals surface area contributed by atoms with Crippen LogP contribution in [-0.4, -0.2) is 39.4 Å². The lowest BCUT2D eigenvalue weighted by molar-refractivity contribution is -0.156. The highest BCUT2D eigenvalue weighted by Crippen LogP contribution is 2.30. The maximum Gasteiger partial charge on any atom is 0.326 e. The zero-order valence-electron chi connectivity index (χ0n) is 13.3. The standard InChI is InChI=1S/C17H21NO5/c1-17(2,18-13(16(21)22)8-9-14(18)19)10-15(20)23-11-12-6-4-3-5-7-12/h3-7,13H,8-11H2,1-2H3,(H,21,22)/t13-/m0/s1. The summed E-state index contributed by atoms with van der Waals surface area (Å²) in [6, 6.07) is 8.41. The summed E-state index contributed by atoms with van der Waals surface area (Å²) in [5.41, 5.74) is -0.0240. The minimum absolute atomic E-state index is 0.0463. The third-order valence-electron chi connectivity index (χ3n) is 3.97. The fourth-order valence-corrected chi connectivity index (χ4v) is 2.90. The Balaban J connectivity index is 1.98. The molecule has 0 aliphatic carbocycles. The summed E-state index contributed by atoms with van der Waals surface area (Å²) in [7, 11) is 0. The zero-order valence-corrected chi connectivity index (χ0v) is 13.3. The van der Waals surface area contributed by atoms with Crippen molar-refractivity contribution in [2.24, 2.45) is 0 Å². The number of benzene rings is 1. The number of aliphatic carboxylic acids is 1. The molecule has 1 fully saturated rings. The van der Waals surface area contributed by atoms with Gasteiger partial charge in [-0.2, -0.15) is 0 Å². The molecule has 0 spiro atoms. The van der Waals surface area contributed by atoms with Crippen molar-refractivity contribution in [2.75, 3.05) is 0 Å². The van der Waals surface area contributed by atoms with Gasteiger partial charge < -0.3 is 14.7 Å². The Bertz CT molecular complexity index is 596.